The lowest BCUT2D eigenvalue weighted by molar-refractivity contribution is -0.116. The maximum atomic E-state index is 13.2. The molecule has 0 spiro atoms. The van der Waals surface area contributed by atoms with Crippen LogP contribution in [0.5, 0.6) is 0 Å². The van der Waals surface area contributed by atoms with Gasteiger partial charge in [0.2, 0.25) is 5.91 Å². The highest BCUT2D eigenvalue weighted by molar-refractivity contribution is 7.91. The second-order valence-corrected chi connectivity index (χ2v) is 10.2. The second-order valence-electron chi connectivity index (χ2n) is 7.57. The fourth-order valence-corrected chi connectivity index (χ4v) is 6.22. The Balaban J connectivity index is 1.57. The molecule has 0 aliphatic carbocycles. The lowest BCUT2D eigenvalue weighted by Crippen LogP contribution is -2.42. The van der Waals surface area contributed by atoms with E-state index in [4.69, 9.17) is 11.6 Å². The maximum absolute atomic E-state index is 13.2. The lowest BCUT2D eigenvalue weighted by atomic mass is 10.1. The highest BCUT2D eigenvalue weighted by Crippen LogP contribution is 2.35. The van der Waals surface area contributed by atoms with E-state index in [0.717, 1.165) is 12.0 Å². The summed E-state index contributed by atoms with van der Waals surface area (Å²) >= 11 is 5.95. The lowest BCUT2D eigenvalue weighted by Gasteiger charge is -2.22. The zero-order valence-corrected chi connectivity index (χ0v) is 18.0. The fourth-order valence-electron chi connectivity index (χ4n) is 4.08. The van der Waals surface area contributed by atoms with Crippen LogP contribution in [-0.2, 0) is 21.1 Å². The Morgan fingerprint density at radius 3 is 2.50 bits per heavy atom. The number of fused-ring (bicyclic) bond motifs is 1. The summed E-state index contributed by atoms with van der Waals surface area (Å²) in [6.45, 7) is 1.81. The van der Waals surface area contributed by atoms with Crippen LogP contribution in [0.1, 0.15) is 12.5 Å². The second kappa shape index (κ2) is 7.92. The monoisotopic (exact) mass is 447 g/mol. The Morgan fingerprint density at radius 2 is 1.83 bits per heavy atom. The van der Waals surface area contributed by atoms with Crippen molar-refractivity contribution in [2.75, 3.05) is 28.3 Å². The predicted molar refractivity (Wildman–Crippen MR) is 117 cm³/mol. The van der Waals surface area contributed by atoms with Crippen molar-refractivity contribution in [2.24, 2.45) is 0 Å². The summed E-state index contributed by atoms with van der Waals surface area (Å²) in [6, 6.07) is 12.8. The molecule has 2 fully saturated rings. The van der Waals surface area contributed by atoms with Gasteiger partial charge < -0.3 is 10.2 Å². The molecular formula is C21H22ClN3O4S. The van der Waals surface area contributed by atoms with Gasteiger partial charge in [0.25, 0.3) is 0 Å². The first-order chi connectivity index (χ1) is 14.3. The van der Waals surface area contributed by atoms with Crippen molar-refractivity contribution in [3.8, 4) is 0 Å². The molecule has 0 aromatic heterocycles. The van der Waals surface area contributed by atoms with Crippen molar-refractivity contribution in [3.63, 3.8) is 0 Å². The van der Waals surface area contributed by atoms with E-state index in [1.165, 1.54) is 9.80 Å². The van der Waals surface area contributed by atoms with Crippen LogP contribution in [-0.4, -0.2) is 55.4 Å². The number of benzene rings is 2. The molecule has 2 aromatic carbocycles. The number of amides is 3. The molecule has 2 heterocycles. The Hall–Kier alpha value is -2.58. The molecule has 2 aliphatic rings. The first-order valence-corrected chi connectivity index (χ1v) is 11.9. The number of rotatable bonds is 5. The van der Waals surface area contributed by atoms with Crippen LogP contribution in [0.3, 0.4) is 0 Å². The number of sulfone groups is 1. The average Bonchev–Trinajstić information content (AvgIpc) is 3.12. The van der Waals surface area contributed by atoms with Crippen molar-refractivity contribution in [1.29, 1.82) is 0 Å². The maximum Gasteiger partial charge on any atom is 0.325 e. The molecule has 0 saturated carbocycles. The number of urea groups is 1. The molecule has 2 saturated heterocycles. The number of anilines is 2. The number of carbonyl (C=O) groups excluding carboxylic acids is 2. The molecule has 7 nitrogen and oxygen atoms in total. The van der Waals surface area contributed by atoms with Crippen LogP contribution < -0.4 is 10.2 Å². The molecule has 4 rings (SSSR count). The average molecular weight is 448 g/mol. The zero-order chi connectivity index (χ0) is 21.5. The van der Waals surface area contributed by atoms with E-state index in [1.54, 1.807) is 24.3 Å². The van der Waals surface area contributed by atoms with E-state index >= 15 is 0 Å². The molecule has 3 amide bonds. The quantitative estimate of drug-likeness (QED) is 0.714. The van der Waals surface area contributed by atoms with Crippen LogP contribution in [0.25, 0.3) is 0 Å². The van der Waals surface area contributed by atoms with Crippen molar-refractivity contribution in [1.82, 2.24) is 4.90 Å². The van der Waals surface area contributed by atoms with E-state index in [0.29, 0.717) is 16.4 Å². The van der Waals surface area contributed by atoms with Crippen molar-refractivity contribution in [2.45, 2.75) is 25.4 Å². The molecule has 1 N–H and O–H groups in total. The summed E-state index contributed by atoms with van der Waals surface area (Å²) in [5, 5.41) is 3.20. The molecule has 30 heavy (non-hydrogen) atoms. The smallest absolute Gasteiger partial charge is 0.324 e. The highest BCUT2D eigenvalue weighted by atomic mass is 35.5. The Bertz CT molecular complexity index is 1090. The minimum Gasteiger partial charge on any atom is -0.324 e. The largest absolute Gasteiger partial charge is 0.325 e. The van der Waals surface area contributed by atoms with Crippen LogP contribution >= 0.6 is 11.6 Å². The van der Waals surface area contributed by atoms with Gasteiger partial charge in [-0.15, -0.1) is 0 Å². The van der Waals surface area contributed by atoms with Gasteiger partial charge in [0.1, 0.15) is 6.54 Å². The molecule has 0 unspecified atom stereocenters. The van der Waals surface area contributed by atoms with Crippen molar-refractivity contribution >= 4 is 44.8 Å². The van der Waals surface area contributed by atoms with Crippen LogP contribution in [0.15, 0.2) is 48.5 Å². The number of aryl methyl sites for hydroxylation is 1. The van der Waals surface area contributed by atoms with Crippen molar-refractivity contribution < 1.29 is 18.0 Å². The highest BCUT2D eigenvalue weighted by Gasteiger charge is 2.54. The third-order valence-corrected chi connectivity index (χ3v) is 7.46. The summed E-state index contributed by atoms with van der Waals surface area (Å²) in [5.41, 5.74) is 2.28. The molecule has 9 heteroatoms. The fraction of sp³-hybridized carbons (Fsp3) is 0.333. The number of hydrogen-bond donors (Lipinski definition) is 1. The predicted octanol–water partition coefficient (Wildman–Crippen LogP) is 2.95. The summed E-state index contributed by atoms with van der Waals surface area (Å²) in [4.78, 5) is 28.6. The topological polar surface area (TPSA) is 86.8 Å². The molecule has 0 bridgehead atoms. The molecule has 2 aromatic rings. The van der Waals surface area contributed by atoms with E-state index < -0.39 is 27.8 Å². The molecular weight excluding hydrogens is 426 g/mol. The van der Waals surface area contributed by atoms with Gasteiger partial charge in [-0.1, -0.05) is 36.7 Å². The van der Waals surface area contributed by atoms with Crippen LogP contribution in [0.2, 0.25) is 5.02 Å². The van der Waals surface area contributed by atoms with Crippen molar-refractivity contribution in [3.05, 3.63) is 59.1 Å². The molecule has 2 aliphatic heterocycles. The normalized spacial score (nSPS) is 22.3. The molecule has 2 atom stereocenters. The van der Waals surface area contributed by atoms with Gasteiger partial charge in [0, 0.05) is 16.4 Å². The summed E-state index contributed by atoms with van der Waals surface area (Å²) < 4.78 is 24.6. The summed E-state index contributed by atoms with van der Waals surface area (Å²) in [6.07, 6.45) is 0.866. The minimum absolute atomic E-state index is 0.106. The van der Waals surface area contributed by atoms with Crippen LogP contribution in [0.4, 0.5) is 16.2 Å². The van der Waals surface area contributed by atoms with Gasteiger partial charge in [0.05, 0.1) is 23.6 Å². The van der Waals surface area contributed by atoms with Gasteiger partial charge in [0.15, 0.2) is 9.84 Å². The number of halogens is 1. The van der Waals surface area contributed by atoms with Gasteiger partial charge in [-0.05, 0) is 42.3 Å². The van der Waals surface area contributed by atoms with E-state index in [-0.39, 0.29) is 24.1 Å². The molecule has 158 valence electrons. The number of nitrogens with one attached hydrogen (secondary N) is 1. The third-order valence-electron chi connectivity index (χ3n) is 5.52. The Labute approximate surface area is 180 Å². The number of hydrogen-bond acceptors (Lipinski definition) is 4. The molecule has 0 radical (unpaired) electrons. The third kappa shape index (κ3) is 4.02. The summed E-state index contributed by atoms with van der Waals surface area (Å²) in [7, 11) is -3.30. The zero-order valence-electron chi connectivity index (χ0n) is 16.4. The van der Waals surface area contributed by atoms with Crippen LogP contribution in [0, 0.1) is 0 Å². The number of nitrogens with zero attached hydrogens (tertiary/aromatic N) is 2. The van der Waals surface area contributed by atoms with Gasteiger partial charge in [-0.2, -0.15) is 0 Å². The first kappa shape index (κ1) is 20.7. The van der Waals surface area contributed by atoms with E-state index in [2.05, 4.69) is 5.32 Å². The number of carbonyl (C=O) groups is 2. The Morgan fingerprint density at radius 1 is 1.13 bits per heavy atom. The van der Waals surface area contributed by atoms with E-state index in [9.17, 15) is 18.0 Å². The van der Waals surface area contributed by atoms with Gasteiger partial charge in [-0.25, -0.2) is 13.2 Å². The van der Waals surface area contributed by atoms with E-state index in [1.807, 2.05) is 31.2 Å². The minimum atomic E-state index is -3.30. The van der Waals surface area contributed by atoms with Gasteiger partial charge in [-0.3, -0.25) is 9.69 Å². The van der Waals surface area contributed by atoms with Gasteiger partial charge >= 0.3 is 6.03 Å². The summed E-state index contributed by atoms with van der Waals surface area (Å²) in [5.74, 6) is -0.653. The standard InChI is InChI=1S/C21H22ClN3O4S/c1-2-14-6-8-17(9-7-14)25-19-13-30(28,29)12-18(19)24(21(25)27)11-20(26)23-16-5-3-4-15(22)10-16/h3-10,18-19H,2,11-13H2,1H3,(H,23,26)/t18-,19+/m1/s1. The first-order valence-electron chi connectivity index (χ1n) is 9.72. The Kier molecular flexibility index (Phi) is 5.46. The SMILES string of the molecule is CCc1ccc(N2C(=O)N(CC(=O)Nc3cccc(Cl)c3)[C@@H]3CS(=O)(=O)C[C@@H]32)cc1.